The Morgan fingerprint density at radius 3 is 1.66 bits per heavy atom. The largest absolute Gasteiger partial charge is 0.444 e. The summed E-state index contributed by atoms with van der Waals surface area (Å²) in [7, 11) is 0. The fraction of sp³-hybridized carbons (Fsp3) is 0.321. The summed E-state index contributed by atoms with van der Waals surface area (Å²) in [5.74, 6) is 0. The summed E-state index contributed by atoms with van der Waals surface area (Å²) in [6.07, 6.45) is 0.725. The molecule has 0 aliphatic carbocycles. The van der Waals surface area contributed by atoms with Gasteiger partial charge in [0, 0.05) is 18.3 Å². The molecule has 1 unspecified atom stereocenters. The highest BCUT2D eigenvalue weighted by Crippen LogP contribution is 2.51. The van der Waals surface area contributed by atoms with Crippen LogP contribution in [-0.4, -0.2) is 34.9 Å². The van der Waals surface area contributed by atoms with Crippen LogP contribution >= 0.6 is 11.8 Å². The average molecular weight is 446 g/mol. The molecular formula is C28H31NO2S. The predicted octanol–water partition coefficient (Wildman–Crippen LogP) is 6.72. The first-order valence-corrected chi connectivity index (χ1v) is 12.1. The zero-order valence-corrected chi connectivity index (χ0v) is 19.8. The normalized spacial score (nSPS) is 16.7. The standard InChI is InChI=1S/C28H31NO2S/c1-27(2,3)31-26(30)29-20-19-25(21-29)32-28(22-13-7-4-8-14-22,23-15-9-5-10-16-23)24-17-11-6-12-18-24/h4-18,25H,19-21H2,1-3H3. The van der Waals surface area contributed by atoms with Gasteiger partial charge in [-0.3, -0.25) is 0 Å². The van der Waals surface area contributed by atoms with E-state index >= 15 is 0 Å². The minimum atomic E-state index is -0.482. The number of hydrogen-bond acceptors (Lipinski definition) is 3. The van der Waals surface area contributed by atoms with Crippen molar-refractivity contribution in [3.05, 3.63) is 108 Å². The van der Waals surface area contributed by atoms with Crippen molar-refractivity contribution in [2.24, 2.45) is 0 Å². The van der Waals surface area contributed by atoms with Gasteiger partial charge in [-0.1, -0.05) is 91.0 Å². The van der Waals surface area contributed by atoms with Gasteiger partial charge in [0.15, 0.2) is 0 Å². The number of ether oxygens (including phenoxy) is 1. The summed E-state index contributed by atoms with van der Waals surface area (Å²) >= 11 is 1.95. The molecule has 0 N–H and O–H groups in total. The number of rotatable bonds is 5. The molecule has 3 aromatic rings. The van der Waals surface area contributed by atoms with Gasteiger partial charge in [-0.25, -0.2) is 4.79 Å². The van der Waals surface area contributed by atoms with E-state index in [2.05, 4.69) is 91.0 Å². The van der Waals surface area contributed by atoms with Crippen LogP contribution in [0.1, 0.15) is 43.9 Å². The lowest BCUT2D eigenvalue weighted by molar-refractivity contribution is 0.0295. The molecule has 1 aliphatic rings. The monoisotopic (exact) mass is 445 g/mol. The minimum absolute atomic E-state index is 0.217. The van der Waals surface area contributed by atoms with Gasteiger partial charge in [-0.05, 0) is 43.9 Å². The first-order valence-electron chi connectivity index (χ1n) is 11.2. The molecule has 3 aromatic carbocycles. The number of carbonyl (C=O) groups is 1. The maximum absolute atomic E-state index is 12.7. The summed E-state index contributed by atoms with van der Waals surface area (Å²) in [4.78, 5) is 14.5. The summed E-state index contributed by atoms with van der Waals surface area (Å²) in [5.41, 5.74) is 3.26. The number of likely N-dealkylation sites (tertiary alicyclic amines) is 1. The second kappa shape index (κ2) is 9.41. The molecule has 1 amide bonds. The fourth-order valence-corrected chi connectivity index (χ4v) is 6.08. The van der Waals surface area contributed by atoms with Gasteiger partial charge in [0.25, 0.3) is 0 Å². The second-order valence-electron chi connectivity index (χ2n) is 9.23. The van der Waals surface area contributed by atoms with E-state index in [4.69, 9.17) is 4.74 Å². The zero-order valence-electron chi connectivity index (χ0n) is 19.0. The quantitative estimate of drug-likeness (QED) is 0.408. The molecule has 166 valence electrons. The lowest BCUT2D eigenvalue weighted by Crippen LogP contribution is -2.36. The summed E-state index contributed by atoms with van der Waals surface area (Å²) in [6, 6.07) is 32.1. The Balaban J connectivity index is 1.72. The molecule has 3 nitrogen and oxygen atoms in total. The Morgan fingerprint density at radius 2 is 1.25 bits per heavy atom. The van der Waals surface area contributed by atoms with Crippen LogP contribution in [0.5, 0.6) is 0 Å². The third-order valence-electron chi connectivity index (χ3n) is 5.68. The minimum Gasteiger partial charge on any atom is -0.444 e. The topological polar surface area (TPSA) is 29.5 Å². The van der Waals surface area contributed by atoms with Crippen LogP contribution in [0.25, 0.3) is 0 Å². The van der Waals surface area contributed by atoms with Crippen LogP contribution in [0.4, 0.5) is 4.79 Å². The summed E-state index contributed by atoms with van der Waals surface area (Å²) < 4.78 is 5.27. The van der Waals surface area contributed by atoms with Crippen LogP contribution < -0.4 is 0 Å². The molecule has 0 aromatic heterocycles. The van der Waals surface area contributed by atoms with Crippen molar-refractivity contribution in [3.63, 3.8) is 0 Å². The van der Waals surface area contributed by atoms with Crippen molar-refractivity contribution in [1.82, 2.24) is 4.90 Å². The molecule has 0 spiro atoms. The van der Waals surface area contributed by atoms with E-state index in [1.807, 2.05) is 37.4 Å². The Bertz CT molecular complexity index is 919. The summed E-state index contributed by atoms with van der Waals surface area (Å²) in [5, 5.41) is 0.295. The molecule has 4 heteroatoms. The molecule has 0 radical (unpaired) electrons. The van der Waals surface area contributed by atoms with Crippen molar-refractivity contribution < 1.29 is 9.53 Å². The van der Waals surface area contributed by atoms with Crippen LogP contribution in [0.3, 0.4) is 0 Å². The number of thioether (sulfide) groups is 1. The third-order valence-corrected chi connectivity index (χ3v) is 7.46. The number of amides is 1. The Labute approximate surface area is 195 Å². The molecular weight excluding hydrogens is 414 g/mol. The molecule has 32 heavy (non-hydrogen) atoms. The van der Waals surface area contributed by atoms with Crippen molar-refractivity contribution in [1.29, 1.82) is 0 Å². The number of benzene rings is 3. The number of nitrogens with zero attached hydrogens (tertiary/aromatic N) is 1. The van der Waals surface area contributed by atoms with Crippen LogP contribution in [0.2, 0.25) is 0 Å². The van der Waals surface area contributed by atoms with E-state index in [9.17, 15) is 4.79 Å². The van der Waals surface area contributed by atoms with Crippen molar-refractivity contribution >= 4 is 17.9 Å². The maximum atomic E-state index is 12.7. The van der Waals surface area contributed by atoms with Crippen LogP contribution in [0, 0.1) is 0 Å². The van der Waals surface area contributed by atoms with Gasteiger partial charge in [0.2, 0.25) is 0 Å². The van der Waals surface area contributed by atoms with E-state index in [-0.39, 0.29) is 10.8 Å². The van der Waals surface area contributed by atoms with Crippen molar-refractivity contribution in [2.75, 3.05) is 13.1 Å². The fourth-order valence-electron chi connectivity index (χ4n) is 4.29. The van der Waals surface area contributed by atoms with Gasteiger partial charge in [0.1, 0.15) is 5.60 Å². The first-order chi connectivity index (χ1) is 15.4. The number of hydrogen-bond donors (Lipinski definition) is 0. The van der Waals surface area contributed by atoms with Gasteiger partial charge < -0.3 is 9.64 Å². The molecule has 0 saturated carbocycles. The van der Waals surface area contributed by atoms with E-state index in [0.717, 1.165) is 13.0 Å². The van der Waals surface area contributed by atoms with Crippen molar-refractivity contribution in [2.45, 2.75) is 42.8 Å². The summed E-state index contributed by atoms with van der Waals surface area (Å²) in [6.45, 7) is 7.16. The molecule has 1 atom stereocenters. The van der Waals surface area contributed by atoms with Gasteiger partial charge in [-0.15, -0.1) is 11.8 Å². The molecule has 1 saturated heterocycles. The molecule has 0 bridgehead atoms. The van der Waals surface area contributed by atoms with Gasteiger partial charge >= 0.3 is 6.09 Å². The van der Waals surface area contributed by atoms with E-state index < -0.39 is 5.60 Å². The number of carbonyl (C=O) groups excluding carboxylic acids is 1. The Hall–Kier alpha value is -2.72. The lowest BCUT2D eigenvalue weighted by Gasteiger charge is -2.37. The molecule has 1 heterocycles. The highest BCUT2D eigenvalue weighted by atomic mass is 32.2. The van der Waals surface area contributed by atoms with Gasteiger partial charge in [0.05, 0.1) is 4.75 Å². The predicted molar refractivity (Wildman–Crippen MR) is 133 cm³/mol. The van der Waals surface area contributed by atoms with Crippen molar-refractivity contribution in [3.8, 4) is 0 Å². The average Bonchev–Trinajstić information content (AvgIpc) is 3.27. The Morgan fingerprint density at radius 1 is 0.812 bits per heavy atom. The van der Waals surface area contributed by atoms with Gasteiger partial charge in [-0.2, -0.15) is 0 Å². The second-order valence-corrected chi connectivity index (χ2v) is 10.7. The van der Waals surface area contributed by atoms with E-state index in [0.29, 0.717) is 11.8 Å². The molecule has 4 rings (SSSR count). The Kier molecular flexibility index (Phi) is 6.61. The lowest BCUT2D eigenvalue weighted by atomic mass is 9.84. The highest BCUT2D eigenvalue weighted by Gasteiger charge is 2.42. The SMILES string of the molecule is CC(C)(C)OC(=O)N1CCC(SC(c2ccccc2)(c2ccccc2)c2ccccc2)C1. The van der Waals surface area contributed by atoms with Crippen LogP contribution in [-0.2, 0) is 9.48 Å². The smallest absolute Gasteiger partial charge is 0.410 e. The van der Waals surface area contributed by atoms with Crippen LogP contribution in [0.15, 0.2) is 91.0 Å². The third kappa shape index (κ3) is 4.86. The zero-order chi connectivity index (χ0) is 22.6. The van der Waals surface area contributed by atoms with E-state index in [1.165, 1.54) is 16.7 Å². The molecule has 1 fully saturated rings. The first kappa shape index (κ1) is 22.5. The highest BCUT2D eigenvalue weighted by molar-refractivity contribution is 8.01. The van der Waals surface area contributed by atoms with E-state index in [1.54, 1.807) is 0 Å². The molecule has 1 aliphatic heterocycles. The maximum Gasteiger partial charge on any atom is 0.410 e.